The molecular weight excluding hydrogens is 547 g/mol. The van der Waals surface area contributed by atoms with Gasteiger partial charge in [-0.2, -0.15) is 13.2 Å². The molecule has 0 aliphatic heterocycles. The molecule has 0 radical (unpaired) electrons. The highest BCUT2D eigenvalue weighted by molar-refractivity contribution is 8.00. The van der Waals surface area contributed by atoms with Crippen LogP contribution in [0.5, 0.6) is 5.75 Å². The van der Waals surface area contributed by atoms with Crippen LogP contribution >= 0.6 is 23.5 Å². The normalized spacial score (nSPS) is 11.7. The van der Waals surface area contributed by atoms with E-state index in [2.05, 4.69) is 15.4 Å². The second kappa shape index (κ2) is 12.5. The predicted molar refractivity (Wildman–Crippen MR) is 143 cm³/mol. The van der Waals surface area contributed by atoms with Crippen LogP contribution in [0.1, 0.15) is 12.0 Å². The summed E-state index contributed by atoms with van der Waals surface area (Å²) in [6, 6.07) is 17.0. The lowest BCUT2D eigenvalue weighted by molar-refractivity contribution is -0.0328. The van der Waals surface area contributed by atoms with Gasteiger partial charge < -0.3 is 15.7 Å². The first-order valence-electron chi connectivity index (χ1n) is 10.8. The minimum Gasteiger partial charge on any atom is -0.506 e. The lowest BCUT2D eigenvalue weighted by Gasteiger charge is -2.11. The van der Waals surface area contributed by atoms with Gasteiger partial charge in [-0.15, -0.1) is 11.8 Å². The number of amides is 2. The molecule has 198 valence electrons. The number of nitrogens with one attached hydrogen (secondary N) is 3. The summed E-state index contributed by atoms with van der Waals surface area (Å²) in [5.74, 6) is 0.541. The van der Waals surface area contributed by atoms with E-state index >= 15 is 0 Å². The van der Waals surface area contributed by atoms with Crippen molar-refractivity contribution >= 4 is 56.6 Å². The molecule has 0 aromatic heterocycles. The Morgan fingerprint density at radius 1 is 0.919 bits per heavy atom. The molecule has 4 N–H and O–H groups in total. The number of hydrogen-bond donors (Lipinski definition) is 4. The number of urea groups is 1. The van der Waals surface area contributed by atoms with Crippen LogP contribution in [0.4, 0.5) is 35.0 Å². The highest BCUT2D eigenvalue weighted by Gasteiger charge is 2.28. The number of aryl methyl sites for hydroxylation is 1. The van der Waals surface area contributed by atoms with Gasteiger partial charge in [0.05, 0.1) is 11.9 Å². The van der Waals surface area contributed by atoms with Gasteiger partial charge in [-0.1, -0.05) is 12.1 Å². The van der Waals surface area contributed by atoms with E-state index in [-0.39, 0.29) is 33.8 Å². The van der Waals surface area contributed by atoms with Crippen molar-refractivity contribution in [2.75, 3.05) is 27.4 Å². The summed E-state index contributed by atoms with van der Waals surface area (Å²) in [4.78, 5) is 13.5. The van der Waals surface area contributed by atoms with Crippen LogP contribution in [0.15, 0.2) is 76.5 Å². The topological polar surface area (TPSA) is 108 Å². The molecule has 0 bridgehead atoms. The summed E-state index contributed by atoms with van der Waals surface area (Å²) >= 11 is 1.50. The number of sulfonamides is 1. The molecule has 3 aromatic rings. The van der Waals surface area contributed by atoms with E-state index in [1.807, 2.05) is 12.1 Å². The number of carbonyl (C=O) groups is 1. The highest BCUT2D eigenvalue weighted by atomic mass is 32.2. The van der Waals surface area contributed by atoms with E-state index in [9.17, 15) is 31.5 Å². The predicted octanol–water partition coefficient (Wildman–Crippen LogP) is 6.74. The third-order valence-electron chi connectivity index (χ3n) is 4.70. The second-order valence-electron chi connectivity index (χ2n) is 7.85. The van der Waals surface area contributed by atoms with Crippen molar-refractivity contribution in [2.24, 2.45) is 0 Å². The number of rotatable bonds is 10. The Bertz CT molecular complexity index is 1320. The van der Waals surface area contributed by atoms with E-state index in [0.717, 1.165) is 35.3 Å². The number of thioether (sulfide) groups is 2. The number of aromatic hydroxyl groups is 1. The molecule has 3 rings (SSSR count). The van der Waals surface area contributed by atoms with Gasteiger partial charge in [0.15, 0.2) is 0 Å². The van der Waals surface area contributed by atoms with Crippen molar-refractivity contribution < 1.29 is 31.5 Å². The Labute approximate surface area is 221 Å². The minimum atomic E-state index is -4.29. The third kappa shape index (κ3) is 10.5. The summed E-state index contributed by atoms with van der Waals surface area (Å²) in [6.07, 6.45) is 2.55. The number of benzene rings is 3. The maximum atomic E-state index is 12.4. The monoisotopic (exact) mass is 571 g/mol. The first-order chi connectivity index (χ1) is 17.4. The van der Waals surface area contributed by atoms with Gasteiger partial charge >= 0.3 is 11.5 Å². The lowest BCUT2D eigenvalue weighted by atomic mass is 10.1. The zero-order valence-electron chi connectivity index (χ0n) is 19.5. The molecule has 0 atom stereocenters. The first kappa shape index (κ1) is 28.5. The smallest absolute Gasteiger partial charge is 0.446 e. The Morgan fingerprint density at radius 3 is 2.14 bits per heavy atom. The van der Waals surface area contributed by atoms with Gasteiger partial charge in [-0.25, -0.2) is 13.2 Å². The van der Waals surface area contributed by atoms with Crippen molar-refractivity contribution in [3.05, 3.63) is 72.3 Å². The van der Waals surface area contributed by atoms with Crippen molar-refractivity contribution in [3.63, 3.8) is 0 Å². The minimum absolute atomic E-state index is 0.0563. The van der Waals surface area contributed by atoms with Gasteiger partial charge in [-0.3, -0.25) is 4.72 Å². The van der Waals surface area contributed by atoms with E-state index in [1.165, 1.54) is 30.3 Å². The van der Waals surface area contributed by atoms with Crippen LogP contribution in [-0.4, -0.2) is 37.1 Å². The molecular formula is C24H24F3N3O4S3. The molecule has 0 spiro atoms. The van der Waals surface area contributed by atoms with Gasteiger partial charge in [0, 0.05) is 21.2 Å². The summed E-state index contributed by atoms with van der Waals surface area (Å²) in [5, 5.41) is 15.0. The Morgan fingerprint density at radius 2 is 1.51 bits per heavy atom. The highest BCUT2D eigenvalue weighted by Crippen LogP contribution is 2.36. The van der Waals surface area contributed by atoms with Gasteiger partial charge in [0.25, 0.3) is 0 Å². The first-order valence-corrected chi connectivity index (χ1v) is 14.5. The van der Waals surface area contributed by atoms with Crippen LogP contribution in [0, 0.1) is 0 Å². The lowest BCUT2D eigenvalue weighted by Crippen LogP contribution is -2.19. The molecule has 13 heteroatoms. The summed E-state index contributed by atoms with van der Waals surface area (Å²) in [6.45, 7) is 0. The maximum Gasteiger partial charge on any atom is 0.446 e. The molecule has 0 fully saturated rings. The van der Waals surface area contributed by atoms with Gasteiger partial charge in [-0.05, 0) is 90.5 Å². The fourth-order valence-electron chi connectivity index (χ4n) is 3.15. The average Bonchev–Trinajstić information content (AvgIpc) is 2.79. The molecule has 0 aliphatic carbocycles. The maximum absolute atomic E-state index is 12.4. The molecule has 3 aromatic carbocycles. The SMILES string of the molecule is CS(=O)(=O)Nc1cc(NC(=O)Nc2ccc(SCCCc3ccc(SC(F)(F)F)cc3)cc2)ccc1O. The Hall–Kier alpha value is -3.03. The standard InChI is InChI=1S/C24H24F3N3O4S3/c1-37(33,34)30-21-15-18(8-13-22(21)31)29-23(32)28-17-6-11-19(12-7-17)35-14-2-3-16-4-9-20(10-5-16)36-24(25,26)27/h4-13,15,30-31H,2-3,14H2,1H3,(H2,28,29,32). The molecule has 0 saturated heterocycles. The van der Waals surface area contributed by atoms with Crippen LogP contribution in [0.25, 0.3) is 0 Å². The molecule has 37 heavy (non-hydrogen) atoms. The zero-order valence-corrected chi connectivity index (χ0v) is 22.0. The van der Waals surface area contributed by atoms with Crippen LogP contribution in [0.2, 0.25) is 0 Å². The second-order valence-corrected chi connectivity index (χ2v) is 11.9. The number of alkyl halides is 3. The summed E-state index contributed by atoms with van der Waals surface area (Å²) < 4.78 is 62.2. The number of phenols is 1. The largest absolute Gasteiger partial charge is 0.506 e. The molecule has 0 heterocycles. The number of halogens is 3. The third-order valence-corrected chi connectivity index (χ3v) is 7.13. The average molecular weight is 572 g/mol. The molecule has 0 saturated carbocycles. The van der Waals surface area contributed by atoms with E-state index < -0.39 is 21.6 Å². The number of phenolic OH excluding ortho intramolecular Hbond substituents is 1. The van der Waals surface area contributed by atoms with Crippen molar-refractivity contribution in [3.8, 4) is 5.75 Å². The number of carbonyl (C=O) groups excluding carboxylic acids is 1. The Balaban J connectivity index is 1.43. The zero-order chi connectivity index (χ0) is 27.1. The van der Waals surface area contributed by atoms with Gasteiger partial charge in [0.1, 0.15) is 5.75 Å². The molecule has 7 nitrogen and oxygen atoms in total. The van der Waals surface area contributed by atoms with Crippen LogP contribution in [0.3, 0.4) is 0 Å². The summed E-state index contributed by atoms with van der Waals surface area (Å²) in [7, 11) is -3.60. The van der Waals surface area contributed by atoms with Crippen molar-refractivity contribution in [1.82, 2.24) is 0 Å². The van der Waals surface area contributed by atoms with Crippen molar-refractivity contribution in [1.29, 1.82) is 0 Å². The molecule has 0 unspecified atom stereocenters. The quantitative estimate of drug-likeness (QED) is 0.0929. The fraction of sp³-hybridized carbons (Fsp3) is 0.208. The van der Waals surface area contributed by atoms with E-state index in [1.54, 1.807) is 36.0 Å². The fourth-order valence-corrected chi connectivity index (χ4v) is 5.10. The molecule has 2 amide bonds. The molecule has 0 aliphatic rings. The van der Waals surface area contributed by atoms with Crippen LogP contribution < -0.4 is 15.4 Å². The van der Waals surface area contributed by atoms with Crippen LogP contribution in [-0.2, 0) is 16.4 Å². The number of hydrogen-bond acceptors (Lipinski definition) is 6. The number of anilines is 3. The Kier molecular flexibility index (Phi) is 9.62. The van der Waals surface area contributed by atoms with Gasteiger partial charge in [0.2, 0.25) is 10.0 Å². The summed E-state index contributed by atoms with van der Waals surface area (Å²) in [5.41, 5.74) is -2.54. The van der Waals surface area contributed by atoms with E-state index in [4.69, 9.17) is 0 Å². The van der Waals surface area contributed by atoms with E-state index in [0.29, 0.717) is 5.69 Å². The van der Waals surface area contributed by atoms with Crippen molar-refractivity contribution in [2.45, 2.75) is 28.1 Å².